The second kappa shape index (κ2) is 7.71. The molecule has 3 aromatic carbocycles. The summed E-state index contributed by atoms with van der Waals surface area (Å²) in [6.45, 7) is 3.67. The molecule has 7 nitrogen and oxygen atoms in total. The Balaban J connectivity index is 1.82. The van der Waals surface area contributed by atoms with E-state index < -0.39 is 17.1 Å². The van der Waals surface area contributed by atoms with Gasteiger partial charge in [0.05, 0.1) is 11.4 Å². The molecule has 0 spiro atoms. The number of aryl methyl sites for hydroxylation is 2. The summed E-state index contributed by atoms with van der Waals surface area (Å²) in [7, 11) is 0. The molecule has 0 saturated carbocycles. The van der Waals surface area contributed by atoms with Gasteiger partial charge in [-0.3, -0.25) is 4.98 Å². The number of ether oxygens (including phenoxy) is 1. The van der Waals surface area contributed by atoms with E-state index in [1.165, 1.54) is 0 Å². The summed E-state index contributed by atoms with van der Waals surface area (Å²) >= 11 is 0. The summed E-state index contributed by atoms with van der Waals surface area (Å²) in [4.78, 5) is 40.2. The third-order valence-electron chi connectivity index (χ3n) is 4.68. The van der Waals surface area contributed by atoms with E-state index in [9.17, 15) is 14.4 Å². The van der Waals surface area contributed by atoms with Crippen molar-refractivity contribution in [2.75, 3.05) is 0 Å². The van der Waals surface area contributed by atoms with Gasteiger partial charge in [-0.2, -0.15) is 0 Å². The third-order valence-corrected chi connectivity index (χ3v) is 4.68. The van der Waals surface area contributed by atoms with Crippen molar-refractivity contribution in [2.24, 2.45) is 0 Å². The number of hydrogen-bond acceptors (Lipinski definition) is 4. The molecule has 1 aromatic heterocycles. The Hall–Kier alpha value is -4.13. The van der Waals surface area contributed by atoms with Crippen LogP contribution in [-0.2, 0) is 0 Å². The largest absolute Gasteiger partial charge is 0.457 e. The molecule has 1 N–H and O–H groups in total. The van der Waals surface area contributed by atoms with Gasteiger partial charge in [0.2, 0.25) is 0 Å². The van der Waals surface area contributed by atoms with Crippen LogP contribution in [0.3, 0.4) is 0 Å². The standard InChI is InChI=1S/C23H19N3O4/c1-15-8-10-17(11-9-15)25-21(27)24-22(28)26(23(25)29)20-13-12-19(14-16(20)2)30-18-6-4-3-5-7-18/h3-14H,1-2H3,(H,24,27,28). The quantitative estimate of drug-likeness (QED) is 0.569. The van der Waals surface area contributed by atoms with Crippen LogP contribution in [0.25, 0.3) is 11.4 Å². The minimum atomic E-state index is -0.798. The molecule has 4 rings (SSSR count). The Morgan fingerprint density at radius 3 is 2.07 bits per heavy atom. The molecule has 7 heteroatoms. The highest BCUT2D eigenvalue weighted by atomic mass is 16.5. The van der Waals surface area contributed by atoms with Crippen molar-refractivity contribution in [3.05, 3.63) is 115 Å². The number of aromatic nitrogens is 3. The van der Waals surface area contributed by atoms with Crippen LogP contribution >= 0.6 is 0 Å². The maximum Gasteiger partial charge on any atom is 0.345 e. The maximum absolute atomic E-state index is 13.1. The van der Waals surface area contributed by atoms with Crippen LogP contribution in [0.4, 0.5) is 0 Å². The van der Waals surface area contributed by atoms with Crippen LogP contribution in [0.5, 0.6) is 11.5 Å². The van der Waals surface area contributed by atoms with E-state index >= 15 is 0 Å². The highest BCUT2D eigenvalue weighted by molar-refractivity contribution is 5.46. The van der Waals surface area contributed by atoms with Crippen LogP contribution in [-0.4, -0.2) is 14.1 Å². The second-order valence-electron chi connectivity index (χ2n) is 6.89. The van der Waals surface area contributed by atoms with Crippen molar-refractivity contribution in [2.45, 2.75) is 13.8 Å². The Labute approximate surface area is 171 Å². The van der Waals surface area contributed by atoms with E-state index in [-0.39, 0.29) is 0 Å². The number of H-pyrrole nitrogens is 1. The molecule has 0 radical (unpaired) electrons. The second-order valence-corrected chi connectivity index (χ2v) is 6.89. The van der Waals surface area contributed by atoms with Crippen LogP contribution in [0.2, 0.25) is 0 Å². The summed E-state index contributed by atoms with van der Waals surface area (Å²) in [6.07, 6.45) is 0. The highest BCUT2D eigenvalue weighted by Crippen LogP contribution is 2.24. The van der Waals surface area contributed by atoms with Crippen molar-refractivity contribution >= 4 is 0 Å². The molecular weight excluding hydrogens is 382 g/mol. The van der Waals surface area contributed by atoms with Gasteiger partial charge in [0.25, 0.3) is 0 Å². The van der Waals surface area contributed by atoms with E-state index in [2.05, 4.69) is 4.98 Å². The van der Waals surface area contributed by atoms with Gasteiger partial charge in [0, 0.05) is 0 Å². The number of para-hydroxylation sites is 1. The zero-order chi connectivity index (χ0) is 21.3. The van der Waals surface area contributed by atoms with Crippen LogP contribution < -0.4 is 21.8 Å². The van der Waals surface area contributed by atoms with Gasteiger partial charge in [-0.05, 0) is 61.9 Å². The monoisotopic (exact) mass is 401 g/mol. The SMILES string of the molecule is Cc1ccc(-n2c(=O)[nH]c(=O)n(-c3ccc(Oc4ccccc4)cc3C)c2=O)cc1. The van der Waals surface area contributed by atoms with E-state index in [1.54, 1.807) is 49.4 Å². The lowest BCUT2D eigenvalue weighted by Gasteiger charge is -2.13. The zero-order valence-electron chi connectivity index (χ0n) is 16.5. The molecule has 150 valence electrons. The molecule has 0 amide bonds. The smallest absolute Gasteiger partial charge is 0.345 e. The van der Waals surface area contributed by atoms with Gasteiger partial charge in [-0.25, -0.2) is 23.5 Å². The Morgan fingerprint density at radius 1 is 0.733 bits per heavy atom. The minimum Gasteiger partial charge on any atom is -0.457 e. The number of benzene rings is 3. The molecule has 0 bridgehead atoms. The fourth-order valence-corrected chi connectivity index (χ4v) is 3.18. The lowest BCUT2D eigenvalue weighted by atomic mass is 10.2. The van der Waals surface area contributed by atoms with E-state index in [4.69, 9.17) is 4.74 Å². The van der Waals surface area contributed by atoms with Gasteiger partial charge in [-0.15, -0.1) is 0 Å². The molecule has 0 saturated heterocycles. The lowest BCUT2D eigenvalue weighted by molar-refractivity contribution is 0.482. The minimum absolute atomic E-state index is 0.363. The van der Waals surface area contributed by atoms with Gasteiger partial charge in [-0.1, -0.05) is 35.9 Å². The first kappa shape index (κ1) is 19.2. The number of nitrogens with one attached hydrogen (secondary N) is 1. The molecule has 1 heterocycles. The van der Waals surface area contributed by atoms with Crippen LogP contribution in [0.1, 0.15) is 11.1 Å². The van der Waals surface area contributed by atoms with Crippen molar-refractivity contribution in [3.8, 4) is 22.9 Å². The van der Waals surface area contributed by atoms with Gasteiger partial charge in [0.1, 0.15) is 11.5 Å². The average molecular weight is 401 g/mol. The maximum atomic E-state index is 13.1. The first-order chi connectivity index (χ1) is 14.4. The molecule has 0 fully saturated rings. The van der Waals surface area contributed by atoms with Crippen molar-refractivity contribution in [1.82, 2.24) is 14.1 Å². The van der Waals surface area contributed by atoms with Crippen molar-refractivity contribution in [3.63, 3.8) is 0 Å². The number of nitrogens with zero attached hydrogens (tertiary/aromatic N) is 2. The van der Waals surface area contributed by atoms with Crippen LogP contribution in [0, 0.1) is 13.8 Å². The van der Waals surface area contributed by atoms with Crippen molar-refractivity contribution < 1.29 is 4.74 Å². The van der Waals surface area contributed by atoms with Gasteiger partial charge >= 0.3 is 17.1 Å². The van der Waals surface area contributed by atoms with E-state index in [0.717, 1.165) is 14.7 Å². The summed E-state index contributed by atoms with van der Waals surface area (Å²) in [5, 5.41) is 0. The molecule has 0 aliphatic carbocycles. The van der Waals surface area contributed by atoms with Gasteiger partial charge in [0.15, 0.2) is 0 Å². The molecule has 30 heavy (non-hydrogen) atoms. The van der Waals surface area contributed by atoms with Gasteiger partial charge < -0.3 is 4.74 Å². The molecular formula is C23H19N3O4. The first-order valence-corrected chi connectivity index (χ1v) is 9.33. The lowest BCUT2D eigenvalue weighted by Crippen LogP contribution is -2.48. The fourth-order valence-electron chi connectivity index (χ4n) is 3.18. The first-order valence-electron chi connectivity index (χ1n) is 9.33. The number of aromatic amines is 1. The summed E-state index contributed by atoms with van der Waals surface area (Å²) in [5.41, 5.74) is 0.0451. The molecule has 0 aliphatic rings. The molecule has 4 aromatic rings. The third kappa shape index (κ3) is 3.60. The predicted octanol–water partition coefficient (Wildman–Crippen LogP) is 3.09. The van der Waals surface area contributed by atoms with E-state index in [1.807, 2.05) is 37.3 Å². The fraction of sp³-hybridized carbons (Fsp3) is 0.0870. The number of hydrogen-bond donors (Lipinski definition) is 1. The zero-order valence-corrected chi connectivity index (χ0v) is 16.5. The normalized spacial score (nSPS) is 10.7. The average Bonchev–Trinajstić information content (AvgIpc) is 2.71. The Morgan fingerprint density at radius 2 is 1.40 bits per heavy atom. The molecule has 0 atom stereocenters. The van der Waals surface area contributed by atoms with Crippen LogP contribution in [0.15, 0.2) is 87.2 Å². The number of rotatable bonds is 4. The molecule has 0 aliphatic heterocycles. The topological polar surface area (TPSA) is 86.1 Å². The Bertz CT molecular complexity index is 1380. The predicted molar refractivity (Wildman–Crippen MR) is 114 cm³/mol. The summed E-state index contributed by atoms with van der Waals surface area (Å²) in [6, 6.07) is 21.2. The van der Waals surface area contributed by atoms with Crippen molar-refractivity contribution in [1.29, 1.82) is 0 Å². The van der Waals surface area contributed by atoms with E-state index in [0.29, 0.717) is 28.4 Å². The summed E-state index contributed by atoms with van der Waals surface area (Å²) in [5.74, 6) is 1.24. The summed E-state index contributed by atoms with van der Waals surface area (Å²) < 4.78 is 7.69. The Kier molecular flexibility index (Phi) is 4.93. The molecule has 0 unspecified atom stereocenters. The highest BCUT2D eigenvalue weighted by Gasteiger charge is 2.15.